The summed E-state index contributed by atoms with van der Waals surface area (Å²) in [7, 11) is 1.50. The number of imide groups is 1. The topological polar surface area (TPSA) is 93.0 Å². The second-order valence-corrected chi connectivity index (χ2v) is 6.43. The van der Waals surface area contributed by atoms with Crippen LogP contribution in [-0.2, 0) is 14.4 Å². The molecule has 1 fully saturated rings. The molecule has 1 aromatic carbocycles. The minimum Gasteiger partial charge on any atom is -0.495 e. The molecule has 1 saturated heterocycles. The quantitative estimate of drug-likeness (QED) is 0.687. The minimum absolute atomic E-state index is 0.152. The number of carbonyl (C=O) groups is 3. The lowest BCUT2D eigenvalue weighted by Gasteiger charge is -2.15. The fourth-order valence-corrected chi connectivity index (χ4v) is 3.17. The number of carbonyl (C=O) groups excluding carboxylic acids is 3. The second kappa shape index (κ2) is 7.15. The Balaban J connectivity index is 1.59. The van der Waals surface area contributed by atoms with Crippen LogP contribution in [0.3, 0.4) is 0 Å². The van der Waals surface area contributed by atoms with E-state index in [9.17, 15) is 14.4 Å². The van der Waals surface area contributed by atoms with Crippen LogP contribution in [-0.4, -0.2) is 45.7 Å². The molecule has 0 saturated carbocycles. The number of pyridine rings is 1. The van der Waals surface area contributed by atoms with Gasteiger partial charge in [-0.2, -0.15) is 0 Å². The summed E-state index contributed by atoms with van der Waals surface area (Å²) in [5.41, 5.74) is 2.80. The SMILES string of the molecule is COc1ccc(-c2cn3ccccc3n2)cc1NC(=O)CN1C(=O)CCC1=O. The summed E-state index contributed by atoms with van der Waals surface area (Å²) < 4.78 is 7.23. The van der Waals surface area contributed by atoms with Crippen molar-refractivity contribution in [2.75, 3.05) is 19.0 Å². The van der Waals surface area contributed by atoms with Crippen molar-refractivity contribution in [2.45, 2.75) is 12.8 Å². The molecule has 0 atom stereocenters. The first-order valence-electron chi connectivity index (χ1n) is 8.80. The zero-order chi connectivity index (χ0) is 19.7. The molecule has 28 heavy (non-hydrogen) atoms. The van der Waals surface area contributed by atoms with Crippen molar-refractivity contribution in [3.8, 4) is 17.0 Å². The first-order valence-corrected chi connectivity index (χ1v) is 8.80. The Kier molecular flexibility index (Phi) is 4.52. The molecule has 1 aliphatic heterocycles. The lowest BCUT2D eigenvalue weighted by atomic mass is 10.1. The van der Waals surface area contributed by atoms with Gasteiger partial charge in [-0.05, 0) is 30.3 Å². The average molecular weight is 378 g/mol. The average Bonchev–Trinajstić information content (AvgIpc) is 3.26. The summed E-state index contributed by atoms with van der Waals surface area (Å²) in [5.74, 6) is -0.648. The van der Waals surface area contributed by atoms with E-state index < -0.39 is 5.91 Å². The maximum Gasteiger partial charge on any atom is 0.244 e. The molecule has 3 aromatic rings. The number of nitrogens with zero attached hydrogens (tertiary/aromatic N) is 3. The number of ether oxygens (including phenoxy) is 1. The summed E-state index contributed by atoms with van der Waals surface area (Å²) in [4.78, 5) is 41.4. The normalized spacial score (nSPS) is 14.0. The molecule has 3 heterocycles. The molecule has 0 radical (unpaired) electrons. The Morgan fingerprint density at radius 2 is 1.96 bits per heavy atom. The Bertz CT molecular complexity index is 1040. The maximum absolute atomic E-state index is 12.4. The number of hydrogen-bond donors (Lipinski definition) is 1. The third kappa shape index (κ3) is 3.32. The van der Waals surface area contributed by atoms with Crippen LogP contribution < -0.4 is 10.1 Å². The molecular weight excluding hydrogens is 360 g/mol. The number of anilines is 1. The second-order valence-electron chi connectivity index (χ2n) is 6.43. The Labute approximate surface area is 160 Å². The van der Waals surface area contributed by atoms with Gasteiger partial charge in [-0.1, -0.05) is 6.07 Å². The predicted octanol–water partition coefficient (Wildman–Crippen LogP) is 2.10. The molecule has 8 nitrogen and oxygen atoms in total. The number of hydrogen-bond acceptors (Lipinski definition) is 5. The summed E-state index contributed by atoms with van der Waals surface area (Å²) >= 11 is 0. The first-order chi connectivity index (χ1) is 13.5. The number of likely N-dealkylation sites (tertiary alicyclic amines) is 1. The molecule has 3 amide bonds. The van der Waals surface area contributed by atoms with Crippen LogP contribution in [0.2, 0.25) is 0 Å². The number of methoxy groups -OCH3 is 1. The van der Waals surface area contributed by atoms with Gasteiger partial charge >= 0.3 is 0 Å². The molecule has 1 N–H and O–H groups in total. The van der Waals surface area contributed by atoms with Gasteiger partial charge in [0.1, 0.15) is 17.9 Å². The van der Waals surface area contributed by atoms with E-state index in [2.05, 4.69) is 10.3 Å². The number of fused-ring (bicyclic) bond motifs is 1. The highest BCUT2D eigenvalue weighted by Crippen LogP contribution is 2.30. The number of amides is 3. The van der Waals surface area contributed by atoms with E-state index in [1.165, 1.54) is 7.11 Å². The van der Waals surface area contributed by atoms with E-state index in [1.54, 1.807) is 12.1 Å². The van der Waals surface area contributed by atoms with Gasteiger partial charge in [0.05, 0.1) is 18.5 Å². The minimum atomic E-state index is -0.464. The van der Waals surface area contributed by atoms with Crippen molar-refractivity contribution in [1.29, 1.82) is 0 Å². The number of rotatable bonds is 5. The summed E-state index contributed by atoms with van der Waals surface area (Å²) in [6.07, 6.45) is 4.10. The molecular formula is C20H18N4O4. The smallest absolute Gasteiger partial charge is 0.244 e. The van der Waals surface area contributed by atoms with Crippen LogP contribution >= 0.6 is 0 Å². The molecule has 1 aliphatic rings. The van der Waals surface area contributed by atoms with Gasteiger partial charge in [-0.15, -0.1) is 0 Å². The fourth-order valence-electron chi connectivity index (χ4n) is 3.17. The standard InChI is InChI=1S/C20H18N4O4/c1-28-16-6-5-13(15-11-23-9-3-2-4-17(23)21-15)10-14(16)22-18(25)12-24-19(26)7-8-20(24)27/h2-6,9-11H,7-8,12H2,1H3,(H,22,25). The number of aromatic nitrogens is 2. The Morgan fingerprint density at radius 1 is 1.18 bits per heavy atom. The van der Waals surface area contributed by atoms with E-state index in [4.69, 9.17) is 4.74 Å². The van der Waals surface area contributed by atoms with Crippen LogP contribution in [0.15, 0.2) is 48.8 Å². The molecule has 0 aliphatic carbocycles. The predicted molar refractivity (Wildman–Crippen MR) is 102 cm³/mol. The summed E-state index contributed by atoms with van der Waals surface area (Å²) in [6, 6.07) is 11.1. The Morgan fingerprint density at radius 3 is 2.68 bits per heavy atom. The third-order valence-electron chi connectivity index (χ3n) is 4.59. The van der Waals surface area contributed by atoms with Crippen LogP contribution in [0.5, 0.6) is 5.75 Å². The number of nitrogens with one attached hydrogen (secondary N) is 1. The van der Waals surface area contributed by atoms with Crippen molar-refractivity contribution in [3.05, 3.63) is 48.8 Å². The summed E-state index contributed by atoms with van der Waals surface area (Å²) in [6.45, 7) is -0.306. The van der Waals surface area contributed by atoms with Crippen molar-refractivity contribution in [2.24, 2.45) is 0 Å². The van der Waals surface area contributed by atoms with Gasteiger partial charge in [0.25, 0.3) is 0 Å². The fraction of sp³-hybridized carbons (Fsp3) is 0.200. The monoisotopic (exact) mass is 378 g/mol. The molecule has 142 valence electrons. The molecule has 8 heteroatoms. The molecule has 0 bridgehead atoms. The van der Waals surface area contributed by atoms with Crippen LogP contribution in [0.1, 0.15) is 12.8 Å². The number of imidazole rings is 1. The highest BCUT2D eigenvalue weighted by Gasteiger charge is 2.30. The molecule has 0 spiro atoms. The highest BCUT2D eigenvalue weighted by molar-refractivity contribution is 6.06. The zero-order valence-electron chi connectivity index (χ0n) is 15.2. The van der Waals surface area contributed by atoms with Crippen molar-refractivity contribution in [1.82, 2.24) is 14.3 Å². The van der Waals surface area contributed by atoms with Gasteiger partial charge in [0.15, 0.2) is 0 Å². The van der Waals surface area contributed by atoms with Crippen LogP contribution in [0.4, 0.5) is 5.69 Å². The molecule has 0 unspecified atom stereocenters. The van der Waals surface area contributed by atoms with E-state index in [1.807, 2.05) is 41.1 Å². The van der Waals surface area contributed by atoms with Gasteiger partial charge in [0.2, 0.25) is 17.7 Å². The van der Waals surface area contributed by atoms with Crippen molar-refractivity contribution in [3.63, 3.8) is 0 Å². The van der Waals surface area contributed by atoms with E-state index in [0.29, 0.717) is 11.4 Å². The van der Waals surface area contributed by atoms with E-state index in [0.717, 1.165) is 21.8 Å². The van der Waals surface area contributed by atoms with Crippen molar-refractivity contribution >= 4 is 29.1 Å². The van der Waals surface area contributed by atoms with Gasteiger partial charge in [-0.3, -0.25) is 19.3 Å². The number of benzene rings is 1. The lowest BCUT2D eigenvalue weighted by molar-refractivity contribution is -0.141. The van der Waals surface area contributed by atoms with E-state index >= 15 is 0 Å². The highest BCUT2D eigenvalue weighted by atomic mass is 16.5. The lowest BCUT2D eigenvalue weighted by Crippen LogP contribution is -2.36. The largest absolute Gasteiger partial charge is 0.495 e. The van der Waals surface area contributed by atoms with Crippen LogP contribution in [0, 0.1) is 0 Å². The van der Waals surface area contributed by atoms with Gasteiger partial charge in [0, 0.05) is 30.8 Å². The summed E-state index contributed by atoms with van der Waals surface area (Å²) in [5, 5.41) is 2.73. The Hall–Kier alpha value is -3.68. The molecule has 4 rings (SSSR count). The first kappa shape index (κ1) is 17.7. The zero-order valence-corrected chi connectivity index (χ0v) is 15.2. The van der Waals surface area contributed by atoms with Gasteiger partial charge < -0.3 is 14.5 Å². The molecule has 2 aromatic heterocycles. The van der Waals surface area contributed by atoms with E-state index in [-0.39, 0.29) is 31.2 Å². The van der Waals surface area contributed by atoms with Crippen molar-refractivity contribution < 1.29 is 19.1 Å². The third-order valence-corrected chi connectivity index (χ3v) is 4.59. The van der Waals surface area contributed by atoms with Crippen LogP contribution in [0.25, 0.3) is 16.9 Å². The van der Waals surface area contributed by atoms with Gasteiger partial charge in [-0.25, -0.2) is 4.98 Å². The maximum atomic E-state index is 12.4.